The van der Waals surface area contributed by atoms with Gasteiger partial charge in [-0.3, -0.25) is 0 Å². The van der Waals surface area contributed by atoms with E-state index in [4.69, 9.17) is 13.6 Å². The topological polar surface area (TPSA) is 27.7 Å². The van der Waals surface area contributed by atoms with Gasteiger partial charge in [0.2, 0.25) is 0 Å². The van der Waals surface area contributed by atoms with Gasteiger partial charge in [0.15, 0.2) is 0 Å². The summed E-state index contributed by atoms with van der Waals surface area (Å²) < 4.78 is 18.6. The molecule has 2 aromatic rings. The van der Waals surface area contributed by atoms with Crippen LogP contribution in [0.1, 0.15) is 13.8 Å². The van der Waals surface area contributed by atoms with Gasteiger partial charge in [-0.05, 0) is 0 Å². The van der Waals surface area contributed by atoms with Crippen LogP contribution in [0, 0.1) is 0 Å². The van der Waals surface area contributed by atoms with Gasteiger partial charge in [0.1, 0.15) is 0 Å². The van der Waals surface area contributed by atoms with Crippen LogP contribution in [0.5, 0.6) is 0 Å². The molecule has 0 bridgehead atoms. The van der Waals surface area contributed by atoms with E-state index in [2.05, 4.69) is 0 Å². The van der Waals surface area contributed by atoms with E-state index < -0.39 is 7.28 Å². The summed E-state index contributed by atoms with van der Waals surface area (Å²) in [5.41, 5.74) is 0. The molecular weight excluding hydrogens is 283 g/mol. The predicted octanol–water partition coefficient (Wildman–Crippen LogP) is 3.66. The summed E-state index contributed by atoms with van der Waals surface area (Å²) in [4.78, 5) is 0. The zero-order chi connectivity index (χ0) is 15.2. The first-order valence-corrected chi connectivity index (χ1v) is 9.21. The second-order valence-electron chi connectivity index (χ2n) is 4.57. The van der Waals surface area contributed by atoms with Crippen molar-refractivity contribution in [3.8, 4) is 0 Å². The number of hydrogen-bond acceptors (Lipinski definition) is 3. The molecule has 0 aliphatic heterocycles. The van der Waals surface area contributed by atoms with E-state index in [1.165, 1.54) is 0 Å². The molecule has 114 valence electrons. The Hall–Kier alpha value is -1.25. The van der Waals surface area contributed by atoms with E-state index in [1.807, 2.05) is 74.5 Å². The molecular formula is C17H23O3P. The summed E-state index contributed by atoms with van der Waals surface area (Å²) in [6.07, 6.45) is 0. The molecule has 0 amide bonds. The van der Waals surface area contributed by atoms with Gasteiger partial charge in [-0.2, -0.15) is 0 Å². The minimum atomic E-state index is -3.57. The van der Waals surface area contributed by atoms with Crippen molar-refractivity contribution < 1.29 is 13.6 Å². The molecule has 4 heteroatoms. The Morgan fingerprint density at radius 1 is 0.714 bits per heavy atom. The zero-order valence-electron chi connectivity index (χ0n) is 12.9. The van der Waals surface area contributed by atoms with E-state index in [0.717, 1.165) is 10.6 Å². The molecule has 0 atom stereocenters. The molecule has 0 fully saturated rings. The van der Waals surface area contributed by atoms with Crippen molar-refractivity contribution in [3.63, 3.8) is 0 Å². The van der Waals surface area contributed by atoms with Crippen LogP contribution in [0.15, 0.2) is 60.7 Å². The fourth-order valence-corrected chi connectivity index (χ4v) is 6.55. The average molecular weight is 306 g/mol. The van der Waals surface area contributed by atoms with Crippen LogP contribution >= 0.6 is 7.28 Å². The maximum absolute atomic E-state index is 6.27. The monoisotopic (exact) mass is 306 g/mol. The first-order valence-electron chi connectivity index (χ1n) is 7.22. The van der Waals surface area contributed by atoms with Gasteiger partial charge in [0.05, 0.1) is 0 Å². The minimum absolute atomic E-state index is 0.509. The van der Waals surface area contributed by atoms with Crippen LogP contribution in [0.25, 0.3) is 0 Å². The van der Waals surface area contributed by atoms with Crippen LogP contribution in [-0.4, -0.2) is 20.3 Å². The van der Waals surface area contributed by atoms with Crippen LogP contribution in [0.4, 0.5) is 0 Å². The van der Waals surface area contributed by atoms with Gasteiger partial charge in [-0.15, -0.1) is 0 Å². The van der Waals surface area contributed by atoms with Gasteiger partial charge in [-0.25, -0.2) is 0 Å². The molecule has 0 heterocycles. The van der Waals surface area contributed by atoms with E-state index in [9.17, 15) is 0 Å². The second-order valence-corrected chi connectivity index (χ2v) is 8.25. The summed E-state index contributed by atoms with van der Waals surface area (Å²) in [7, 11) is -1.90. The van der Waals surface area contributed by atoms with Crippen molar-refractivity contribution in [1.29, 1.82) is 0 Å². The molecule has 0 unspecified atom stereocenters. The molecule has 0 aromatic heterocycles. The molecule has 3 nitrogen and oxygen atoms in total. The van der Waals surface area contributed by atoms with Crippen molar-refractivity contribution in [3.05, 3.63) is 60.7 Å². The van der Waals surface area contributed by atoms with Gasteiger partial charge < -0.3 is 0 Å². The molecule has 0 spiro atoms. The molecule has 0 saturated heterocycles. The standard InChI is InChI=1S/C17H23O3P/c1-4-19-21(18-3,20-5-2,16-12-8-6-9-13-16)17-14-10-7-11-15-17/h6-15H,4-5H2,1-3H3. The van der Waals surface area contributed by atoms with Crippen molar-refractivity contribution in [2.45, 2.75) is 13.8 Å². The normalized spacial score (nSPS) is 13.6. The van der Waals surface area contributed by atoms with E-state index in [-0.39, 0.29) is 0 Å². The molecule has 21 heavy (non-hydrogen) atoms. The SMILES string of the molecule is CCOP(OC)(OCC)(c1ccccc1)c1ccccc1. The molecule has 0 radical (unpaired) electrons. The Kier molecular flexibility index (Phi) is 5.13. The Bertz CT molecular complexity index is 507. The average Bonchev–Trinajstić information content (AvgIpc) is 2.56. The van der Waals surface area contributed by atoms with Crippen molar-refractivity contribution >= 4 is 17.9 Å². The van der Waals surface area contributed by atoms with Crippen LogP contribution in [0.2, 0.25) is 0 Å². The third-order valence-electron chi connectivity index (χ3n) is 3.46. The van der Waals surface area contributed by atoms with Crippen molar-refractivity contribution in [1.82, 2.24) is 0 Å². The van der Waals surface area contributed by atoms with Crippen LogP contribution < -0.4 is 10.6 Å². The third-order valence-corrected chi connectivity index (χ3v) is 7.96. The van der Waals surface area contributed by atoms with E-state index >= 15 is 0 Å². The Balaban J connectivity index is 2.77. The molecule has 0 aliphatic rings. The van der Waals surface area contributed by atoms with Crippen molar-refractivity contribution in [2.75, 3.05) is 20.3 Å². The van der Waals surface area contributed by atoms with Gasteiger partial charge in [0.25, 0.3) is 0 Å². The van der Waals surface area contributed by atoms with Gasteiger partial charge in [0, 0.05) is 0 Å². The summed E-state index contributed by atoms with van der Waals surface area (Å²) >= 11 is 0. The van der Waals surface area contributed by atoms with Crippen LogP contribution in [-0.2, 0) is 13.6 Å². The van der Waals surface area contributed by atoms with Crippen LogP contribution in [0.3, 0.4) is 0 Å². The number of hydrogen-bond donors (Lipinski definition) is 0. The second kappa shape index (κ2) is 6.67. The molecule has 2 rings (SSSR count). The van der Waals surface area contributed by atoms with Gasteiger partial charge >= 0.3 is 126 Å². The summed E-state index contributed by atoms with van der Waals surface area (Å²) in [5.74, 6) is 0. The Morgan fingerprint density at radius 3 is 1.38 bits per heavy atom. The maximum atomic E-state index is 6.27. The fourth-order valence-electron chi connectivity index (χ4n) is 2.64. The predicted molar refractivity (Wildman–Crippen MR) is 89.3 cm³/mol. The molecule has 0 saturated carbocycles. The number of rotatable bonds is 7. The summed E-state index contributed by atoms with van der Waals surface area (Å²) in [6, 6.07) is 19.9. The number of benzene rings is 2. The van der Waals surface area contributed by atoms with E-state index in [1.54, 1.807) is 7.11 Å². The molecule has 2 aromatic carbocycles. The first-order chi connectivity index (χ1) is 10.2. The van der Waals surface area contributed by atoms with E-state index in [0.29, 0.717) is 13.2 Å². The summed E-state index contributed by atoms with van der Waals surface area (Å²) in [5, 5.41) is 1.89. The molecule has 0 N–H and O–H groups in total. The molecule has 0 aliphatic carbocycles. The summed E-state index contributed by atoms with van der Waals surface area (Å²) in [6.45, 7) is 4.95. The zero-order valence-corrected chi connectivity index (χ0v) is 13.8. The Labute approximate surface area is 127 Å². The Morgan fingerprint density at radius 2 is 1.10 bits per heavy atom. The fraction of sp³-hybridized carbons (Fsp3) is 0.294. The first kappa shape index (κ1) is 16.1. The van der Waals surface area contributed by atoms with Crippen molar-refractivity contribution in [2.24, 2.45) is 0 Å². The van der Waals surface area contributed by atoms with Gasteiger partial charge in [-0.1, -0.05) is 0 Å². The third kappa shape index (κ3) is 2.63. The quantitative estimate of drug-likeness (QED) is 0.731.